The predicted molar refractivity (Wildman–Crippen MR) is 81.3 cm³/mol. The second-order valence-corrected chi connectivity index (χ2v) is 5.99. The zero-order valence-electron chi connectivity index (χ0n) is 10.7. The number of nitrogen functional groups attached to an aromatic ring is 1. The fourth-order valence-corrected chi connectivity index (χ4v) is 3.13. The standard InChI is InChI=1S/C14H13ClN2O2S/c1-9(18)17-13-8-10(6-7-12(13)16)20(19)14-5-3-2-4-11(14)15/h2-8H,16H2,1H3,(H,17,18). The summed E-state index contributed by atoms with van der Waals surface area (Å²) in [5, 5.41) is 3.04. The molecule has 0 heterocycles. The smallest absolute Gasteiger partial charge is 0.221 e. The van der Waals surface area contributed by atoms with Gasteiger partial charge in [-0.3, -0.25) is 4.79 Å². The van der Waals surface area contributed by atoms with E-state index in [0.717, 1.165) is 0 Å². The second-order valence-electron chi connectivity index (χ2n) is 4.13. The summed E-state index contributed by atoms with van der Waals surface area (Å²) in [5.41, 5.74) is 6.62. The van der Waals surface area contributed by atoms with Gasteiger partial charge in [0.2, 0.25) is 5.91 Å². The van der Waals surface area contributed by atoms with Gasteiger partial charge in [0.1, 0.15) is 0 Å². The molecule has 0 aliphatic rings. The van der Waals surface area contributed by atoms with E-state index in [1.165, 1.54) is 6.92 Å². The van der Waals surface area contributed by atoms with Gasteiger partial charge in [-0.25, -0.2) is 4.21 Å². The summed E-state index contributed by atoms with van der Waals surface area (Å²) in [6, 6.07) is 11.8. The number of nitrogens with two attached hydrogens (primary N) is 1. The average Bonchev–Trinajstić information content (AvgIpc) is 2.40. The van der Waals surface area contributed by atoms with Crippen LogP contribution in [-0.2, 0) is 15.6 Å². The molecule has 0 aliphatic heterocycles. The third kappa shape index (κ3) is 3.18. The van der Waals surface area contributed by atoms with E-state index in [9.17, 15) is 9.00 Å². The summed E-state index contributed by atoms with van der Waals surface area (Å²) in [6.07, 6.45) is 0. The fraction of sp³-hybridized carbons (Fsp3) is 0.0714. The third-order valence-corrected chi connectivity index (χ3v) is 4.47. The zero-order valence-corrected chi connectivity index (χ0v) is 12.3. The third-order valence-electron chi connectivity index (χ3n) is 2.59. The van der Waals surface area contributed by atoms with Crippen LogP contribution in [0.25, 0.3) is 0 Å². The molecule has 0 fully saturated rings. The molecule has 0 bridgehead atoms. The number of carbonyl (C=O) groups is 1. The summed E-state index contributed by atoms with van der Waals surface area (Å²) in [5.74, 6) is -0.239. The molecule has 2 rings (SSSR count). The number of hydrogen-bond acceptors (Lipinski definition) is 3. The fourth-order valence-electron chi connectivity index (χ4n) is 1.67. The van der Waals surface area contributed by atoms with Crippen LogP contribution in [0.1, 0.15) is 6.92 Å². The van der Waals surface area contributed by atoms with Crippen LogP contribution in [0.15, 0.2) is 52.3 Å². The summed E-state index contributed by atoms with van der Waals surface area (Å²) >= 11 is 6.04. The van der Waals surface area contributed by atoms with E-state index < -0.39 is 10.8 Å². The van der Waals surface area contributed by atoms with Crippen LogP contribution >= 0.6 is 11.6 Å². The molecule has 0 saturated carbocycles. The Hall–Kier alpha value is -1.85. The first-order valence-corrected chi connectivity index (χ1v) is 7.35. The Bertz CT molecular complexity index is 689. The molecule has 0 saturated heterocycles. The predicted octanol–water partition coefficient (Wildman–Crippen LogP) is 3.05. The lowest BCUT2D eigenvalue weighted by atomic mass is 10.2. The molecule has 6 heteroatoms. The lowest BCUT2D eigenvalue weighted by Gasteiger charge is -2.09. The van der Waals surface area contributed by atoms with Crippen molar-refractivity contribution in [2.45, 2.75) is 16.7 Å². The molecule has 0 aliphatic carbocycles. The summed E-state index contributed by atoms with van der Waals surface area (Å²) in [4.78, 5) is 12.2. The highest BCUT2D eigenvalue weighted by atomic mass is 35.5. The molecule has 2 aromatic rings. The van der Waals surface area contributed by atoms with Crippen LogP contribution in [0.5, 0.6) is 0 Å². The normalized spacial score (nSPS) is 11.9. The Morgan fingerprint density at radius 1 is 1.25 bits per heavy atom. The molecule has 20 heavy (non-hydrogen) atoms. The SMILES string of the molecule is CC(=O)Nc1cc(S(=O)c2ccccc2Cl)ccc1N. The lowest BCUT2D eigenvalue weighted by molar-refractivity contribution is -0.114. The minimum Gasteiger partial charge on any atom is -0.397 e. The quantitative estimate of drug-likeness (QED) is 0.856. The molecule has 1 amide bonds. The van der Waals surface area contributed by atoms with E-state index in [1.807, 2.05) is 0 Å². The van der Waals surface area contributed by atoms with Gasteiger partial charge in [-0.2, -0.15) is 0 Å². The topological polar surface area (TPSA) is 72.2 Å². The van der Waals surface area contributed by atoms with Crippen molar-refractivity contribution in [3.63, 3.8) is 0 Å². The van der Waals surface area contributed by atoms with Gasteiger partial charge in [0.15, 0.2) is 0 Å². The van der Waals surface area contributed by atoms with Crippen molar-refractivity contribution < 1.29 is 9.00 Å². The first-order valence-electron chi connectivity index (χ1n) is 5.82. The minimum absolute atomic E-state index is 0.239. The molecule has 4 nitrogen and oxygen atoms in total. The number of rotatable bonds is 3. The molecule has 3 N–H and O–H groups in total. The largest absolute Gasteiger partial charge is 0.397 e. The van der Waals surface area contributed by atoms with Gasteiger partial charge in [0.05, 0.1) is 32.1 Å². The van der Waals surface area contributed by atoms with Crippen molar-refractivity contribution in [2.75, 3.05) is 11.1 Å². The molecule has 104 valence electrons. The zero-order chi connectivity index (χ0) is 14.7. The maximum Gasteiger partial charge on any atom is 0.221 e. The summed E-state index contributed by atoms with van der Waals surface area (Å²) in [7, 11) is -1.43. The minimum atomic E-state index is -1.43. The van der Waals surface area contributed by atoms with E-state index in [2.05, 4.69) is 5.32 Å². The first kappa shape index (κ1) is 14.6. The summed E-state index contributed by atoms with van der Waals surface area (Å²) in [6.45, 7) is 1.39. The van der Waals surface area contributed by atoms with Gasteiger partial charge in [-0.15, -0.1) is 0 Å². The lowest BCUT2D eigenvalue weighted by Crippen LogP contribution is -2.08. The van der Waals surface area contributed by atoms with E-state index in [-0.39, 0.29) is 5.91 Å². The van der Waals surface area contributed by atoms with Crippen LogP contribution in [0, 0.1) is 0 Å². The number of amides is 1. The van der Waals surface area contributed by atoms with Gasteiger partial charge >= 0.3 is 0 Å². The van der Waals surface area contributed by atoms with Crippen molar-refractivity contribution in [1.29, 1.82) is 0 Å². The number of halogens is 1. The van der Waals surface area contributed by atoms with E-state index in [4.69, 9.17) is 17.3 Å². The number of carbonyl (C=O) groups excluding carboxylic acids is 1. The number of hydrogen-bond donors (Lipinski definition) is 2. The number of anilines is 2. The molecule has 1 atom stereocenters. The van der Waals surface area contributed by atoms with Crippen molar-refractivity contribution in [3.8, 4) is 0 Å². The first-order chi connectivity index (χ1) is 9.49. The van der Waals surface area contributed by atoms with Gasteiger partial charge in [-0.1, -0.05) is 23.7 Å². The van der Waals surface area contributed by atoms with Crippen LogP contribution in [-0.4, -0.2) is 10.1 Å². The molecule has 2 aromatic carbocycles. The second kappa shape index (κ2) is 6.07. The van der Waals surface area contributed by atoms with Crippen LogP contribution in [0.3, 0.4) is 0 Å². The van der Waals surface area contributed by atoms with Crippen molar-refractivity contribution in [1.82, 2.24) is 0 Å². The van der Waals surface area contributed by atoms with E-state index in [0.29, 0.717) is 26.2 Å². The molecular weight excluding hydrogens is 296 g/mol. The maximum absolute atomic E-state index is 12.5. The van der Waals surface area contributed by atoms with E-state index >= 15 is 0 Å². The average molecular weight is 309 g/mol. The Kier molecular flexibility index (Phi) is 4.42. The van der Waals surface area contributed by atoms with Crippen LogP contribution < -0.4 is 11.1 Å². The number of benzene rings is 2. The highest BCUT2D eigenvalue weighted by molar-refractivity contribution is 7.85. The Labute approximate surface area is 124 Å². The highest BCUT2D eigenvalue weighted by Gasteiger charge is 2.12. The van der Waals surface area contributed by atoms with Gasteiger partial charge < -0.3 is 11.1 Å². The summed E-state index contributed by atoms with van der Waals surface area (Å²) < 4.78 is 12.5. The Morgan fingerprint density at radius 2 is 1.95 bits per heavy atom. The van der Waals surface area contributed by atoms with Crippen molar-refractivity contribution in [3.05, 3.63) is 47.5 Å². The van der Waals surface area contributed by atoms with Crippen molar-refractivity contribution >= 4 is 39.7 Å². The van der Waals surface area contributed by atoms with Gasteiger partial charge in [0.25, 0.3) is 0 Å². The molecule has 0 radical (unpaired) electrons. The monoisotopic (exact) mass is 308 g/mol. The Morgan fingerprint density at radius 3 is 2.60 bits per heavy atom. The van der Waals surface area contributed by atoms with Crippen LogP contribution in [0.4, 0.5) is 11.4 Å². The Balaban J connectivity index is 2.41. The number of nitrogens with one attached hydrogen (secondary N) is 1. The van der Waals surface area contributed by atoms with Crippen molar-refractivity contribution in [2.24, 2.45) is 0 Å². The van der Waals surface area contributed by atoms with Gasteiger partial charge in [0, 0.05) is 11.8 Å². The molecular formula is C14H13ClN2O2S. The van der Waals surface area contributed by atoms with Gasteiger partial charge in [-0.05, 0) is 30.3 Å². The van der Waals surface area contributed by atoms with Crippen LogP contribution in [0.2, 0.25) is 5.02 Å². The maximum atomic E-state index is 12.5. The molecule has 1 unspecified atom stereocenters. The molecule has 0 aromatic heterocycles. The van der Waals surface area contributed by atoms with E-state index in [1.54, 1.807) is 42.5 Å². The highest BCUT2D eigenvalue weighted by Crippen LogP contribution is 2.28. The molecule has 0 spiro atoms.